The molecule has 0 unspecified atom stereocenters. The van der Waals surface area contributed by atoms with Gasteiger partial charge in [-0.1, -0.05) is 6.07 Å². The van der Waals surface area contributed by atoms with Gasteiger partial charge in [0.05, 0.1) is 0 Å². The average Bonchev–Trinajstić information content (AvgIpc) is 2.22. The number of rotatable bonds is 2. The second-order valence-electron chi connectivity index (χ2n) is 5.94. The van der Waals surface area contributed by atoms with Gasteiger partial charge in [0.25, 0.3) is 0 Å². The Hall–Kier alpha value is -1.10. The number of hydrogen-bond donors (Lipinski definition) is 0. The van der Waals surface area contributed by atoms with E-state index >= 15 is 0 Å². The Bertz CT molecular complexity index is 448. The maximum absolute atomic E-state index is 11.8. The summed E-state index contributed by atoms with van der Waals surface area (Å²) < 4.78 is 6.17. The number of hydrogen-bond acceptors (Lipinski definition) is 3. The molecule has 1 aliphatic rings. The van der Waals surface area contributed by atoms with E-state index in [1.54, 1.807) is 4.90 Å². The zero-order valence-corrected chi connectivity index (χ0v) is 13.1. The molecule has 0 aromatic carbocycles. The fraction of sp³-hybridized carbons (Fsp3) is 0.571. The minimum atomic E-state index is -0.419. The van der Waals surface area contributed by atoms with Gasteiger partial charge in [0.15, 0.2) is 0 Å². The largest absolute Gasteiger partial charge is 0.444 e. The molecule has 1 aromatic heterocycles. The van der Waals surface area contributed by atoms with Gasteiger partial charge >= 0.3 is 6.09 Å². The zero-order valence-electron chi connectivity index (χ0n) is 11.5. The van der Waals surface area contributed by atoms with Crippen molar-refractivity contribution in [2.75, 3.05) is 13.1 Å². The van der Waals surface area contributed by atoms with E-state index in [0.717, 1.165) is 24.1 Å². The summed E-state index contributed by atoms with van der Waals surface area (Å²) in [6.45, 7) is 7.19. The Morgan fingerprint density at radius 1 is 1.47 bits per heavy atom. The van der Waals surface area contributed by atoms with Crippen molar-refractivity contribution in [2.24, 2.45) is 5.92 Å². The van der Waals surface area contributed by atoms with Gasteiger partial charge < -0.3 is 9.64 Å². The number of aromatic nitrogens is 1. The Labute approximate surface area is 122 Å². The molecule has 4 nitrogen and oxygen atoms in total. The van der Waals surface area contributed by atoms with Crippen LogP contribution in [-0.2, 0) is 11.2 Å². The first kappa shape index (κ1) is 14.3. The smallest absolute Gasteiger partial charge is 0.410 e. The van der Waals surface area contributed by atoms with Crippen molar-refractivity contribution in [1.29, 1.82) is 0 Å². The van der Waals surface area contributed by atoms with Crippen molar-refractivity contribution < 1.29 is 9.53 Å². The third-order valence-electron chi connectivity index (χ3n) is 2.92. The Morgan fingerprint density at radius 3 is 2.68 bits per heavy atom. The summed E-state index contributed by atoms with van der Waals surface area (Å²) >= 11 is 3.32. The molecular formula is C14H19BrN2O2. The molecule has 0 bridgehead atoms. The minimum Gasteiger partial charge on any atom is -0.444 e. The van der Waals surface area contributed by atoms with Crippen molar-refractivity contribution in [3.63, 3.8) is 0 Å². The van der Waals surface area contributed by atoms with Gasteiger partial charge in [0, 0.05) is 19.3 Å². The van der Waals surface area contributed by atoms with Gasteiger partial charge in [-0.25, -0.2) is 9.78 Å². The second-order valence-corrected chi connectivity index (χ2v) is 6.76. The summed E-state index contributed by atoms with van der Waals surface area (Å²) in [5, 5.41) is 0. The third kappa shape index (κ3) is 4.20. The van der Waals surface area contributed by atoms with Crippen LogP contribution in [0.4, 0.5) is 4.79 Å². The normalized spacial score (nSPS) is 16.1. The SMILES string of the molecule is CC(C)(C)OC(=O)N1CC(Cc2ccc(Br)nc2)C1. The molecule has 0 atom stereocenters. The van der Waals surface area contributed by atoms with Gasteiger partial charge in [-0.15, -0.1) is 0 Å². The van der Waals surface area contributed by atoms with E-state index in [0.29, 0.717) is 5.92 Å². The monoisotopic (exact) mass is 326 g/mol. The number of halogens is 1. The molecule has 104 valence electrons. The van der Waals surface area contributed by atoms with Gasteiger partial charge in [-0.2, -0.15) is 0 Å². The highest BCUT2D eigenvalue weighted by Gasteiger charge is 2.33. The molecule has 1 saturated heterocycles. The molecule has 1 amide bonds. The molecule has 0 saturated carbocycles. The van der Waals surface area contributed by atoms with E-state index in [9.17, 15) is 4.79 Å². The second kappa shape index (κ2) is 5.49. The number of amides is 1. The highest BCUT2D eigenvalue weighted by Crippen LogP contribution is 2.23. The van der Waals surface area contributed by atoms with Crippen molar-refractivity contribution in [3.8, 4) is 0 Å². The van der Waals surface area contributed by atoms with Crippen LogP contribution in [0.2, 0.25) is 0 Å². The Balaban J connectivity index is 1.77. The van der Waals surface area contributed by atoms with E-state index in [1.165, 1.54) is 5.56 Å². The van der Waals surface area contributed by atoms with E-state index in [-0.39, 0.29) is 6.09 Å². The van der Waals surface area contributed by atoms with Crippen molar-refractivity contribution >= 4 is 22.0 Å². The maximum atomic E-state index is 11.8. The topological polar surface area (TPSA) is 42.4 Å². The lowest BCUT2D eigenvalue weighted by Gasteiger charge is -2.39. The van der Waals surface area contributed by atoms with Gasteiger partial charge in [-0.3, -0.25) is 0 Å². The van der Waals surface area contributed by atoms with E-state index in [2.05, 4.69) is 27.0 Å². The minimum absolute atomic E-state index is 0.210. The fourth-order valence-electron chi connectivity index (χ4n) is 2.04. The van der Waals surface area contributed by atoms with Crippen LogP contribution in [0, 0.1) is 5.92 Å². The number of nitrogens with zero attached hydrogens (tertiary/aromatic N) is 2. The summed E-state index contributed by atoms with van der Waals surface area (Å²) in [6, 6.07) is 4.01. The summed E-state index contributed by atoms with van der Waals surface area (Å²) in [4.78, 5) is 17.7. The maximum Gasteiger partial charge on any atom is 0.410 e. The number of likely N-dealkylation sites (tertiary alicyclic amines) is 1. The number of carbonyl (C=O) groups excluding carboxylic acids is 1. The van der Waals surface area contributed by atoms with Crippen LogP contribution in [0.3, 0.4) is 0 Å². The molecule has 5 heteroatoms. The van der Waals surface area contributed by atoms with Crippen LogP contribution in [0.15, 0.2) is 22.9 Å². The predicted molar refractivity (Wildman–Crippen MR) is 76.9 cm³/mol. The molecule has 0 aliphatic carbocycles. The van der Waals surface area contributed by atoms with Crippen LogP contribution >= 0.6 is 15.9 Å². The summed E-state index contributed by atoms with van der Waals surface area (Å²) in [5.41, 5.74) is 0.787. The molecule has 0 N–H and O–H groups in total. The predicted octanol–water partition coefficient (Wildman–Crippen LogP) is 3.25. The van der Waals surface area contributed by atoms with E-state index in [4.69, 9.17) is 4.74 Å². The average molecular weight is 327 g/mol. The van der Waals surface area contributed by atoms with Crippen LogP contribution in [0.25, 0.3) is 0 Å². The van der Waals surface area contributed by atoms with E-state index < -0.39 is 5.60 Å². The molecular weight excluding hydrogens is 308 g/mol. The summed E-state index contributed by atoms with van der Waals surface area (Å²) in [5.74, 6) is 0.510. The van der Waals surface area contributed by atoms with Gasteiger partial charge in [-0.05, 0) is 60.7 Å². The molecule has 0 radical (unpaired) electrons. The quantitative estimate of drug-likeness (QED) is 0.783. The first-order valence-electron chi connectivity index (χ1n) is 6.42. The Kier molecular flexibility index (Phi) is 4.13. The molecule has 1 aromatic rings. The molecule has 19 heavy (non-hydrogen) atoms. The molecule has 2 rings (SSSR count). The van der Waals surface area contributed by atoms with Crippen LogP contribution < -0.4 is 0 Å². The lowest BCUT2D eigenvalue weighted by atomic mass is 9.93. The van der Waals surface area contributed by atoms with Crippen LogP contribution in [0.1, 0.15) is 26.3 Å². The highest BCUT2D eigenvalue weighted by atomic mass is 79.9. The van der Waals surface area contributed by atoms with Crippen LogP contribution in [-0.4, -0.2) is 34.7 Å². The van der Waals surface area contributed by atoms with Crippen molar-refractivity contribution in [3.05, 3.63) is 28.5 Å². The molecule has 2 heterocycles. The number of carbonyl (C=O) groups is 1. The molecule has 1 fully saturated rings. The molecule has 0 spiro atoms. The summed E-state index contributed by atoms with van der Waals surface area (Å²) in [6.07, 6.45) is 2.62. The van der Waals surface area contributed by atoms with Crippen LogP contribution in [0.5, 0.6) is 0 Å². The lowest BCUT2D eigenvalue weighted by molar-refractivity contribution is -0.000885. The van der Waals surface area contributed by atoms with Crippen molar-refractivity contribution in [1.82, 2.24) is 9.88 Å². The van der Waals surface area contributed by atoms with E-state index in [1.807, 2.05) is 33.0 Å². The third-order valence-corrected chi connectivity index (χ3v) is 3.39. The van der Waals surface area contributed by atoms with Gasteiger partial charge in [0.2, 0.25) is 0 Å². The standard InChI is InChI=1S/C14H19BrN2O2/c1-14(2,3)19-13(18)17-8-11(9-17)6-10-4-5-12(15)16-7-10/h4-5,7,11H,6,8-9H2,1-3H3. The molecule has 1 aliphatic heterocycles. The lowest BCUT2D eigenvalue weighted by Crippen LogP contribution is -2.52. The highest BCUT2D eigenvalue weighted by molar-refractivity contribution is 9.10. The van der Waals surface area contributed by atoms with Gasteiger partial charge in [0.1, 0.15) is 10.2 Å². The fourth-order valence-corrected chi connectivity index (χ4v) is 2.27. The Morgan fingerprint density at radius 2 is 2.16 bits per heavy atom. The zero-order chi connectivity index (χ0) is 14.0. The first-order chi connectivity index (χ1) is 8.83. The number of ether oxygens (including phenoxy) is 1. The summed E-state index contributed by atoms with van der Waals surface area (Å²) in [7, 11) is 0. The first-order valence-corrected chi connectivity index (χ1v) is 7.21. The number of pyridine rings is 1. The van der Waals surface area contributed by atoms with Crippen molar-refractivity contribution in [2.45, 2.75) is 32.8 Å².